The van der Waals surface area contributed by atoms with Gasteiger partial charge in [0, 0.05) is 36.3 Å². The molecule has 2 amide bonds. The number of nitro benzene ring substituents is 1. The van der Waals surface area contributed by atoms with Crippen LogP contribution in [0.5, 0.6) is 0 Å². The van der Waals surface area contributed by atoms with Gasteiger partial charge in [0.25, 0.3) is 5.69 Å². The summed E-state index contributed by atoms with van der Waals surface area (Å²) in [5, 5.41) is 19.1. The third-order valence-electron chi connectivity index (χ3n) is 4.55. The van der Waals surface area contributed by atoms with Gasteiger partial charge in [0.15, 0.2) is 0 Å². The van der Waals surface area contributed by atoms with Gasteiger partial charge in [-0.05, 0) is 43.2 Å². The van der Waals surface area contributed by atoms with Crippen LogP contribution in [0.3, 0.4) is 0 Å². The van der Waals surface area contributed by atoms with Gasteiger partial charge in [-0.25, -0.2) is 0 Å². The van der Waals surface area contributed by atoms with Crippen molar-refractivity contribution >= 4 is 34.6 Å². The zero-order valence-electron chi connectivity index (χ0n) is 16.2. The Labute approximate surface area is 175 Å². The highest BCUT2D eigenvalue weighted by atomic mass is 19.4. The maximum Gasteiger partial charge on any atom is 0.416 e. The molecule has 0 aliphatic heterocycles. The second-order valence-corrected chi connectivity index (χ2v) is 7.06. The smallest absolute Gasteiger partial charge is 0.379 e. The predicted molar refractivity (Wildman–Crippen MR) is 108 cm³/mol. The van der Waals surface area contributed by atoms with Crippen LogP contribution in [-0.2, 0) is 15.8 Å². The fourth-order valence-corrected chi connectivity index (χ4v) is 2.81. The molecule has 1 aliphatic rings. The van der Waals surface area contributed by atoms with Gasteiger partial charge in [0.1, 0.15) is 5.69 Å². The molecule has 0 spiro atoms. The molecule has 1 aliphatic carbocycles. The molecule has 2 aromatic rings. The van der Waals surface area contributed by atoms with Gasteiger partial charge in [0.2, 0.25) is 11.8 Å². The number of nitrogens with one attached hydrogen (secondary N) is 3. The third-order valence-corrected chi connectivity index (χ3v) is 4.55. The van der Waals surface area contributed by atoms with Crippen LogP contribution in [0, 0.1) is 16.0 Å². The van der Waals surface area contributed by atoms with Crippen LogP contribution in [0.1, 0.15) is 24.8 Å². The van der Waals surface area contributed by atoms with Crippen molar-refractivity contribution in [2.75, 3.05) is 22.5 Å². The van der Waals surface area contributed by atoms with Crippen molar-refractivity contribution in [3.8, 4) is 0 Å². The number of halogens is 3. The lowest BCUT2D eigenvalue weighted by Crippen LogP contribution is -2.17. The molecule has 0 radical (unpaired) electrons. The summed E-state index contributed by atoms with van der Waals surface area (Å²) in [6.45, 7) is -0.0316. The molecule has 0 bridgehead atoms. The summed E-state index contributed by atoms with van der Waals surface area (Å²) < 4.78 is 38.2. The minimum atomic E-state index is -4.70. The number of amides is 2. The summed E-state index contributed by atoms with van der Waals surface area (Å²) in [5.74, 6) is -0.433. The Kier molecular flexibility index (Phi) is 6.42. The number of rotatable bonds is 8. The normalized spacial score (nSPS) is 13.4. The number of carbonyl (C=O) groups is 2. The highest BCUT2D eigenvalue weighted by Crippen LogP contribution is 2.35. The van der Waals surface area contributed by atoms with Crippen LogP contribution in [0.4, 0.5) is 35.9 Å². The van der Waals surface area contributed by atoms with Gasteiger partial charge in [-0.1, -0.05) is 6.07 Å². The number of alkyl halides is 3. The van der Waals surface area contributed by atoms with Crippen molar-refractivity contribution in [1.82, 2.24) is 0 Å². The van der Waals surface area contributed by atoms with E-state index in [-0.39, 0.29) is 30.5 Å². The largest absolute Gasteiger partial charge is 0.416 e. The summed E-state index contributed by atoms with van der Waals surface area (Å²) in [7, 11) is 0. The Bertz CT molecular complexity index is 1010. The van der Waals surface area contributed by atoms with Gasteiger partial charge >= 0.3 is 6.18 Å². The second kappa shape index (κ2) is 9.02. The topological polar surface area (TPSA) is 113 Å². The third kappa shape index (κ3) is 6.17. The summed E-state index contributed by atoms with van der Waals surface area (Å²) in [6, 6.07) is 8.75. The number of hydrogen-bond donors (Lipinski definition) is 3. The molecular formula is C20H19F3N4O4. The van der Waals surface area contributed by atoms with Gasteiger partial charge < -0.3 is 16.0 Å². The molecule has 11 heteroatoms. The molecule has 164 valence electrons. The molecule has 3 N–H and O–H groups in total. The lowest BCUT2D eigenvalue weighted by molar-refractivity contribution is -0.384. The molecule has 8 nitrogen and oxygen atoms in total. The highest BCUT2D eigenvalue weighted by molar-refractivity contribution is 5.96. The molecule has 3 rings (SSSR count). The summed E-state index contributed by atoms with van der Waals surface area (Å²) in [4.78, 5) is 34.1. The van der Waals surface area contributed by atoms with E-state index in [1.807, 2.05) is 0 Å². The van der Waals surface area contributed by atoms with E-state index in [0.717, 1.165) is 25.0 Å². The number of nitro groups is 1. The number of hydrogen-bond acceptors (Lipinski definition) is 5. The van der Waals surface area contributed by atoms with E-state index in [1.54, 1.807) is 24.3 Å². The molecule has 0 atom stereocenters. The second-order valence-electron chi connectivity index (χ2n) is 7.06. The fourth-order valence-electron chi connectivity index (χ4n) is 2.81. The minimum absolute atomic E-state index is 0.0316. The van der Waals surface area contributed by atoms with Gasteiger partial charge in [-0.2, -0.15) is 13.2 Å². The Morgan fingerprint density at radius 2 is 1.74 bits per heavy atom. The molecule has 1 fully saturated rings. The maximum absolute atomic E-state index is 12.7. The first kappa shape index (κ1) is 22.1. The van der Waals surface area contributed by atoms with E-state index >= 15 is 0 Å². The number of benzene rings is 2. The van der Waals surface area contributed by atoms with E-state index < -0.39 is 28.3 Å². The SMILES string of the molecule is O=C(CCNc1ccc(C(F)(F)F)cc1[N+](=O)[O-])Nc1cccc(NC(=O)C2CC2)c1. The van der Waals surface area contributed by atoms with Crippen LogP contribution in [0.2, 0.25) is 0 Å². The van der Waals surface area contributed by atoms with E-state index in [0.29, 0.717) is 17.4 Å². The van der Waals surface area contributed by atoms with E-state index in [1.165, 1.54) is 0 Å². The van der Waals surface area contributed by atoms with Crippen molar-refractivity contribution in [3.63, 3.8) is 0 Å². The van der Waals surface area contributed by atoms with Crippen molar-refractivity contribution in [2.45, 2.75) is 25.4 Å². The van der Waals surface area contributed by atoms with Crippen molar-refractivity contribution in [3.05, 3.63) is 58.1 Å². The maximum atomic E-state index is 12.7. The van der Waals surface area contributed by atoms with Crippen molar-refractivity contribution < 1.29 is 27.7 Å². The Balaban J connectivity index is 1.54. The molecule has 31 heavy (non-hydrogen) atoms. The molecular weight excluding hydrogens is 417 g/mol. The van der Waals surface area contributed by atoms with Crippen LogP contribution in [0.15, 0.2) is 42.5 Å². The lowest BCUT2D eigenvalue weighted by Gasteiger charge is -2.11. The van der Waals surface area contributed by atoms with Gasteiger partial charge in [-0.15, -0.1) is 0 Å². The zero-order chi connectivity index (χ0) is 22.6. The van der Waals surface area contributed by atoms with Crippen LogP contribution in [-0.4, -0.2) is 23.3 Å². The van der Waals surface area contributed by atoms with Crippen LogP contribution < -0.4 is 16.0 Å². The summed E-state index contributed by atoms with van der Waals surface area (Å²) >= 11 is 0. The summed E-state index contributed by atoms with van der Waals surface area (Å²) in [6.07, 6.45) is -3.05. The van der Waals surface area contributed by atoms with Crippen molar-refractivity contribution in [1.29, 1.82) is 0 Å². The van der Waals surface area contributed by atoms with E-state index in [4.69, 9.17) is 0 Å². The zero-order valence-corrected chi connectivity index (χ0v) is 16.2. The van der Waals surface area contributed by atoms with E-state index in [2.05, 4.69) is 16.0 Å². The van der Waals surface area contributed by atoms with Crippen LogP contribution in [0.25, 0.3) is 0 Å². The number of carbonyl (C=O) groups excluding carboxylic acids is 2. The minimum Gasteiger partial charge on any atom is -0.379 e. The van der Waals surface area contributed by atoms with Gasteiger partial charge in [-0.3, -0.25) is 19.7 Å². The first-order valence-corrected chi connectivity index (χ1v) is 9.44. The number of anilines is 3. The Morgan fingerprint density at radius 1 is 1.06 bits per heavy atom. The lowest BCUT2D eigenvalue weighted by atomic mass is 10.1. The molecule has 2 aromatic carbocycles. The summed E-state index contributed by atoms with van der Waals surface area (Å²) in [5.41, 5.74) is -0.964. The quantitative estimate of drug-likeness (QED) is 0.419. The average molecular weight is 436 g/mol. The van der Waals surface area contributed by atoms with Crippen LogP contribution >= 0.6 is 0 Å². The molecule has 0 saturated heterocycles. The molecule has 1 saturated carbocycles. The van der Waals surface area contributed by atoms with Gasteiger partial charge in [0.05, 0.1) is 10.5 Å². The first-order chi connectivity index (χ1) is 14.6. The monoisotopic (exact) mass is 436 g/mol. The van der Waals surface area contributed by atoms with E-state index in [9.17, 15) is 32.9 Å². The average Bonchev–Trinajstić information content (AvgIpc) is 3.53. The first-order valence-electron chi connectivity index (χ1n) is 9.44. The fraction of sp³-hybridized carbons (Fsp3) is 0.300. The Morgan fingerprint density at radius 3 is 2.35 bits per heavy atom. The molecule has 0 aromatic heterocycles. The highest BCUT2D eigenvalue weighted by Gasteiger charge is 2.33. The predicted octanol–water partition coefficient (Wildman–Crippen LogP) is 4.40. The Hall–Kier alpha value is -3.63. The standard InChI is InChI=1S/C20H19F3N4O4/c21-20(22,23)13-6-7-16(17(10-13)27(30)31)24-9-8-18(28)25-14-2-1-3-15(11-14)26-19(29)12-4-5-12/h1-3,6-7,10-12,24H,4-5,8-9H2,(H,25,28)(H,26,29). The molecule has 0 heterocycles. The number of nitrogens with zero attached hydrogens (tertiary/aromatic N) is 1. The van der Waals surface area contributed by atoms with Crippen molar-refractivity contribution in [2.24, 2.45) is 5.92 Å². The molecule has 0 unspecified atom stereocenters.